The molecule has 0 bridgehead atoms. The maximum Gasteiger partial charge on any atom is 0.320 e. The molecule has 7 nitrogen and oxygen atoms in total. The molecule has 0 aliphatic carbocycles. The van der Waals surface area contributed by atoms with Gasteiger partial charge in [0.2, 0.25) is 0 Å². The highest BCUT2D eigenvalue weighted by Gasteiger charge is 2.35. The van der Waals surface area contributed by atoms with Gasteiger partial charge in [0.05, 0.1) is 17.5 Å². The fourth-order valence-corrected chi connectivity index (χ4v) is 2.50. The molecule has 0 unspecified atom stereocenters. The third-order valence-electron chi connectivity index (χ3n) is 3.74. The van der Waals surface area contributed by atoms with Crippen molar-refractivity contribution >= 4 is 17.8 Å². The Morgan fingerprint density at radius 1 is 1.16 bits per heavy atom. The number of halogens is 2. The predicted molar refractivity (Wildman–Crippen MR) is 79.7 cm³/mol. The maximum absolute atomic E-state index is 12.7. The van der Waals surface area contributed by atoms with Gasteiger partial charge < -0.3 is 4.74 Å². The lowest BCUT2D eigenvalue weighted by Crippen LogP contribution is -2.32. The molecule has 2 heterocycles. The van der Waals surface area contributed by atoms with Gasteiger partial charge in [0, 0.05) is 18.9 Å². The average molecular weight is 349 g/mol. The Kier molecular flexibility index (Phi) is 4.55. The van der Waals surface area contributed by atoms with Crippen LogP contribution in [0.25, 0.3) is 0 Å². The number of rotatable bonds is 6. The average Bonchev–Trinajstić information content (AvgIpc) is 3.16. The van der Waals surface area contributed by atoms with Gasteiger partial charge in [-0.25, -0.2) is 4.98 Å². The van der Waals surface area contributed by atoms with Crippen LogP contribution < -0.4 is 0 Å². The van der Waals surface area contributed by atoms with Gasteiger partial charge in [-0.2, -0.15) is 8.78 Å². The normalized spacial score (nSPS) is 13.5. The molecule has 1 aromatic heterocycles. The van der Waals surface area contributed by atoms with E-state index in [1.54, 1.807) is 12.1 Å². The van der Waals surface area contributed by atoms with Crippen molar-refractivity contribution in [1.82, 2.24) is 14.5 Å². The zero-order valence-corrected chi connectivity index (χ0v) is 12.9. The highest BCUT2D eigenvalue weighted by Crippen LogP contribution is 2.22. The molecular formula is C16H13F2N3O4. The molecule has 0 saturated heterocycles. The van der Waals surface area contributed by atoms with Gasteiger partial charge in [0.25, 0.3) is 11.8 Å². The second-order valence-electron chi connectivity index (χ2n) is 5.25. The number of imidazole rings is 1. The van der Waals surface area contributed by atoms with Crippen molar-refractivity contribution in [2.45, 2.75) is 19.6 Å². The standard InChI is InChI=1S/C16H13F2N3O4/c17-16(18)20-8-6-19-12(20)9-25-13(22)5-7-21-14(23)10-3-1-2-4-11(10)15(21)24/h1-4,6,8,16H,5,7,9H2. The molecule has 0 N–H and O–H groups in total. The summed E-state index contributed by atoms with van der Waals surface area (Å²) in [4.78, 5) is 40.7. The second kappa shape index (κ2) is 6.80. The SMILES string of the molecule is O=C(CCN1C(=O)c2ccccc2C1=O)OCc1nccn1C(F)F. The van der Waals surface area contributed by atoms with E-state index < -0.39 is 30.9 Å². The summed E-state index contributed by atoms with van der Waals surface area (Å²) >= 11 is 0. The zero-order valence-electron chi connectivity index (χ0n) is 12.9. The molecule has 0 atom stereocenters. The first-order valence-corrected chi connectivity index (χ1v) is 7.39. The van der Waals surface area contributed by atoms with E-state index in [0.717, 1.165) is 11.1 Å². The van der Waals surface area contributed by atoms with Crippen molar-refractivity contribution in [2.75, 3.05) is 6.54 Å². The summed E-state index contributed by atoms with van der Waals surface area (Å²) < 4.78 is 30.8. The summed E-state index contributed by atoms with van der Waals surface area (Å²) in [6, 6.07) is 6.37. The number of fused-ring (bicyclic) bond motifs is 1. The van der Waals surface area contributed by atoms with Crippen LogP contribution in [0, 0.1) is 0 Å². The van der Waals surface area contributed by atoms with E-state index in [2.05, 4.69) is 4.98 Å². The number of hydrogen-bond donors (Lipinski definition) is 0. The van der Waals surface area contributed by atoms with Gasteiger partial charge in [0.1, 0.15) is 6.61 Å². The Morgan fingerprint density at radius 2 is 1.80 bits per heavy atom. The van der Waals surface area contributed by atoms with E-state index >= 15 is 0 Å². The molecule has 0 spiro atoms. The summed E-state index contributed by atoms with van der Waals surface area (Å²) in [6.07, 6.45) is 2.02. The monoisotopic (exact) mass is 349 g/mol. The Balaban J connectivity index is 1.54. The molecule has 0 fully saturated rings. The third-order valence-corrected chi connectivity index (χ3v) is 3.74. The van der Waals surface area contributed by atoms with E-state index in [9.17, 15) is 23.2 Å². The van der Waals surface area contributed by atoms with Crippen molar-refractivity contribution in [1.29, 1.82) is 0 Å². The van der Waals surface area contributed by atoms with Crippen LogP contribution in [0.15, 0.2) is 36.7 Å². The predicted octanol–water partition coefficient (Wildman–Crippen LogP) is 2.01. The first-order valence-electron chi connectivity index (χ1n) is 7.39. The number of aromatic nitrogens is 2. The topological polar surface area (TPSA) is 81.5 Å². The Hall–Kier alpha value is -3.10. The quantitative estimate of drug-likeness (QED) is 0.589. The molecule has 9 heteroatoms. The number of alkyl halides is 2. The van der Waals surface area contributed by atoms with Gasteiger partial charge in [-0.1, -0.05) is 12.1 Å². The third kappa shape index (κ3) is 3.25. The Morgan fingerprint density at radius 3 is 2.40 bits per heavy atom. The van der Waals surface area contributed by atoms with Crippen LogP contribution in [0.2, 0.25) is 0 Å². The first-order chi connectivity index (χ1) is 12.0. The van der Waals surface area contributed by atoms with Crippen LogP contribution in [-0.4, -0.2) is 38.8 Å². The molecule has 25 heavy (non-hydrogen) atoms. The van der Waals surface area contributed by atoms with Crippen LogP contribution in [0.4, 0.5) is 8.78 Å². The lowest BCUT2D eigenvalue weighted by atomic mass is 10.1. The Bertz CT molecular complexity index is 799. The second-order valence-corrected chi connectivity index (χ2v) is 5.25. The highest BCUT2D eigenvalue weighted by atomic mass is 19.3. The van der Waals surface area contributed by atoms with Gasteiger partial charge in [-0.3, -0.25) is 23.9 Å². The largest absolute Gasteiger partial charge is 0.457 e. The summed E-state index contributed by atoms with van der Waals surface area (Å²) in [5, 5.41) is 0. The number of hydrogen-bond acceptors (Lipinski definition) is 5. The molecule has 2 aromatic rings. The van der Waals surface area contributed by atoms with Crippen LogP contribution in [0.5, 0.6) is 0 Å². The van der Waals surface area contributed by atoms with Crippen molar-refractivity contribution in [2.24, 2.45) is 0 Å². The minimum atomic E-state index is -2.78. The molecule has 0 radical (unpaired) electrons. The number of ether oxygens (including phenoxy) is 1. The fraction of sp³-hybridized carbons (Fsp3) is 0.250. The Labute approximate surface area is 140 Å². The van der Waals surface area contributed by atoms with Gasteiger partial charge in [-0.05, 0) is 12.1 Å². The lowest BCUT2D eigenvalue weighted by molar-refractivity contribution is -0.145. The van der Waals surface area contributed by atoms with Crippen LogP contribution in [0.1, 0.15) is 39.5 Å². The molecule has 1 aliphatic heterocycles. The summed E-state index contributed by atoms with van der Waals surface area (Å²) in [6.45, 7) is -3.35. The molecule has 2 amide bonds. The smallest absolute Gasteiger partial charge is 0.320 e. The minimum Gasteiger partial charge on any atom is -0.457 e. The molecule has 1 aliphatic rings. The van der Waals surface area contributed by atoms with E-state index in [1.807, 2.05) is 0 Å². The highest BCUT2D eigenvalue weighted by molar-refractivity contribution is 6.21. The maximum atomic E-state index is 12.7. The number of benzene rings is 1. The fourth-order valence-electron chi connectivity index (χ4n) is 2.50. The van der Waals surface area contributed by atoms with Crippen LogP contribution in [0.3, 0.4) is 0 Å². The summed E-state index contributed by atoms with van der Waals surface area (Å²) in [5.41, 5.74) is 0.583. The summed E-state index contributed by atoms with van der Waals surface area (Å²) in [5.74, 6) is -1.76. The van der Waals surface area contributed by atoms with Gasteiger partial charge >= 0.3 is 12.5 Å². The zero-order chi connectivity index (χ0) is 18.0. The van der Waals surface area contributed by atoms with Gasteiger partial charge in [-0.15, -0.1) is 0 Å². The van der Waals surface area contributed by atoms with E-state index in [1.165, 1.54) is 18.3 Å². The molecule has 1 aromatic carbocycles. The molecule has 130 valence electrons. The number of carbonyl (C=O) groups excluding carboxylic acids is 3. The minimum absolute atomic E-state index is 0.0934. The number of nitrogens with zero attached hydrogens (tertiary/aromatic N) is 3. The number of imide groups is 1. The molecular weight excluding hydrogens is 336 g/mol. The number of carbonyl (C=O) groups is 3. The first kappa shape index (κ1) is 16.7. The molecule has 3 rings (SSSR count). The van der Waals surface area contributed by atoms with Crippen LogP contribution >= 0.6 is 0 Å². The summed E-state index contributed by atoms with van der Waals surface area (Å²) in [7, 11) is 0. The van der Waals surface area contributed by atoms with E-state index in [0.29, 0.717) is 15.7 Å². The van der Waals surface area contributed by atoms with Crippen molar-refractivity contribution in [3.05, 3.63) is 53.6 Å². The van der Waals surface area contributed by atoms with Crippen molar-refractivity contribution < 1.29 is 27.9 Å². The number of esters is 1. The van der Waals surface area contributed by atoms with Crippen molar-refractivity contribution in [3.8, 4) is 0 Å². The van der Waals surface area contributed by atoms with E-state index in [4.69, 9.17) is 4.74 Å². The van der Waals surface area contributed by atoms with Gasteiger partial charge in [0.15, 0.2) is 5.82 Å². The van der Waals surface area contributed by atoms with Crippen molar-refractivity contribution in [3.63, 3.8) is 0 Å². The van der Waals surface area contributed by atoms with E-state index in [-0.39, 0.29) is 18.8 Å². The molecule has 0 saturated carbocycles. The number of amides is 2. The lowest BCUT2D eigenvalue weighted by Gasteiger charge is -2.13. The van der Waals surface area contributed by atoms with Crippen LogP contribution in [-0.2, 0) is 16.1 Å².